The molecule has 0 spiro atoms. The number of thiophene rings is 1. The van der Waals surface area contributed by atoms with Crippen LogP contribution in [0.25, 0.3) is 0 Å². The molecule has 9 heteroatoms. The van der Waals surface area contributed by atoms with Crippen molar-refractivity contribution < 1.29 is 0 Å². The van der Waals surface area contributed by atoms with Crippen molar-refractivity contribution >= 4 is 41.3 Å². The Balaban J connectivity index is 0.00000240. The van der Waals surface area contributed by atoms with Crippen LogP contribution in [0.1, 0.15) is 42.2 Å². The van der Waals surface area contributed by atoms with Crippen LogP contribution >= 0.6 is 35.3 Å². The van der Waals surface area contributed by atoms with Crippen LogP contribution in [0.4, 0.5) is 0 Å². The first-order valence-corrected chi connectivity index (χ1v) is 11.2. The number of halogens is 1. The van der Waals surface area contributed by atoms with E-state index in [1.165, 1.54) is 30.6 Å². The van der Waals surface area contributed by atoms with Crippen LogP contribution in [0.2, 0.25) is 0 Å². The van der Waals surface area contributed by atoms with E-state index in [0.29, 0.717) is 12.6 Å². The topological polar surface area (TPSA) is 61.6 Å². The Hall–Kier alpha value is -1.20. The number of aliphatic imine (C=N–C) groups is 1. The van der Waals surface area contributed by atoms with Crippen LogP contribution in [0.5, 0.6) is 0 Å². The van der Waals surface area contributed by atoms with Gasteiger partial charge in [0, 0.05) is 50.7 Å². The van der Waals surface area contributed by atoms with Gasteiger partial charge in [0.2, 0.25) is 0 Å². The summed E-state index contributed by atoms with van der Waals surface area (Å²) in [6.07, 6.45) is 5.14. The normalized spacial score (nSPS) is 18.8. The van der Waals surface area contributed by atoms with Gasteiger partial charge in [-0.2, -0.15) is 0 Å². The molecule has 3 heterocycles. The SMILES string of the molecule is Cc1nnc(CN=C(NC2CCCC2)N2CCN(Cc3cccs3)CC2)n1C.I. The lowest BCUT2D eigenvalue weighted by molar-refractivity contribution is 0.173. The van der Waals surface area contributed by atoms with E-state index in [-0.39, 0.29) is 24.0 Å². The standard InChI is InChI=1S/C20H31N7S.HI/c1-16-23-24-19(25(16)2)14-21-20(22-17-6-3-4-7-17)27-11-9-26(10-12-27)15-18-8-5-13-28-18;/h5,8,13,17H,3-4,6-7,9-12,14-15H2,1-2H3,(H,21,22);1H. The zero-order chi connectivity index (χ0) is 19.3. The predicted molar refractivity (Wildman–Crippen MR) is 129 cm³/mol. The molecule has 0 unspecified atom stereocenters. The number of guanidine groups is 1. The molecular formula is C20H32IN7S. The monoisotopic (exact) mass is 529 g/mol. The van der Waals surface area contributed by atoms with Gasteiger partial charge in [-0.25, -0.2) is 4.99 Å². The van der Waals surface area contributed by atoms with Gasteiger partial charge < -0.3 is 14.8 Å². The second kappa shape index (κ2) is 10.7. The van der Waals surface area contributed by atoms with E-state index in [4.69, 9.17) is 4.99 Å². The minimum absolute atomic E-state index is 0. The van der Waals surface area contributed by atoms with Gasteiger partial charge >= 0.3 is 0 Å². The molecule has 0 aromatic carbocycles. The van der Waals surface area contributed by atoms with Crippen molar-refractivity contribution in [2.24, 2.45) is 12.0 Å². The fraction of sp³-hybridized carbons (Fsp3) is 0.650. The summed E-state index contributed by atoms with van der Waals surface area (Å²) in [7, 11) is 2.01. The number of aromatic nitrogens is 3. The maximum Gasteiger partial charge on any atom is 0.194 e. The highest BCUT2D eigenvalue weighted by molar-refractivity contribution is 14.0. The third-order valence-corrected chi connectivity index (χ3v) is 6.73. The summed E-state index contributed by atoms with van der Waals surface area (Å²) < 4.78 is 2.02. The average molecular weight is 529 g/mol. The minimum Gasteiger partial charge on any atom is -0.353 e. The number of hydrogen-bond donors (Lipinski definition) is 1. The summed E-state index contributed by atoms with van der Waals surface area (Å²) in [6.45, 7) is 7.79. The van der Waals surface area contributed by atoms with Crippen LogP contribution in [0.15, 0.2) is 22.5 Å². The predicted octanol–water partition coefficient (Wildman–Crippen LogP) is 3.01. The highest BCUT2D eigenvalue weighted by Crippen LogP contribution is 2.19. The summed E-state index contributed by atoms with van der Waals surface area (Å²) >= 11 is 1.85. The first-order chi connectivity index (χ1) is 13.7. The van der Waals surface area contributed by atoms with Crippen molar-refractivity contribution in [2.45, 2.75) is 51.7 Å². The lowest BCUT2D eigenvalue weighted by Crippen LogP contribution is -2.53. The molecule has 0 amide bonds. The first kappa shape index (κ1) is 22.5. The molecule has 2 aromatic rings. The summed E-state index contributed by atoms with van der Waals surface area (Å²) in [6, 6.07) is 4.93. The van der Waals surface area contributed by atoms with Gasteiger partial charge in [-0.15, -0.1) is 45.5 Å². The van der Waals surface area contributed by atoms with E-state index < -0.39 is 0 Å². The van der Waals surface area contributed by atoms with Crippen molar-refractivity contribution in [2.75, 3.05) is 26.2 Å². The van der Waals surface area contributed by atoms with Gasteiger partial charge in [0.05, 0.1) is 0 Å². The molecule has 29 heavy (non-hydrogen) atoms. The van der Waals surface area contributed by atoms with Gasteiger partial charge in [0.15, 0.2) is 11.8 Å². The van der Waals surface area contributed by atoms with Gasteiger partial charge in [0.25, 0.3) is 0 Å². The molecule has 1 aliphatic carbocycles. The van der Waals surface area contributed by atoms with E-state index in [1.54, 1.807) is 0 Å². The summed E-state index contributed by atoms with van der Waals surface area (Å²) in [5.74, 6) is 2.89. The van der Waals surface area contributed by atoms with Crippen LogP contribution in [0, 0.1) is 6.92 Å². The van der Waals surface area contributed by atoms with E-state index in [9.17, 15) is 0 Å². The third-order valence-electron chi connectivity index (χ3n) is 5.87. The average Bonchev–Trinajstić information content (AvgIpc) is 3.46. The molecular weight excluding hydrogens is 497 g/mol. The molecule has 1 N–H and O–H groups in total. The van der Waals surface area contributed by atoms with E-state index >= 15 is 0 Å². The highest BCUT2D eigenvalue weighted by Gasteiger charge is 2.23. The number of rotatable bonds is 5. The van der Waals surface area contributed by atoms with Gasteiger partial charge in [-0.1, -0.05) is 18.9 Å². The lowest BCUT2D eigenvalue weighted by Gasteiger charge is -2.37. The molecule has 1 saturated carbocycles. The van der Waals surface area contributed by atoms with Crippen molar-refractivity contribution in [1.82, 2.24) is 29.9 Å². The molecule has 0 radical (unpaired) electrons. The molecule has 2 aromatic heterocycles. The molecule has 7 nitrogen and oxygen atoms in total. The summed E-state index contributed by atoms with van der Waals surface area (Å²) in [5, 5.41) is 14.3. The van der Waals surface area contributed by atoms with E-state index in [2.05, 4.69) is 42.8 Å². The van der Waals surface area contributed by atoms with Crippen molar-refractivity contribution in [1.29, 1.82) is 0 Å². The summed E-state index contributed by atoms with van der Waals surface area (Å²) in [5.41, 5.74) is 0. The number of piperazine rings is 1. The Morgan fingerprint density at radius 1 is 1.21 bits per heavy atom. The minimum atomic E-state index is 0. The van der Waals surface area contributed by atoms with Crippen molar-refractivity contribution in [3.05, 3.63) is 34.0 Å². The Kier molecular flexibility index (Phi) is 8.31. The van der Waals surface area contributed by atoms with Crippen LogP contribution in [0.3, 0.4) is 0 Å². The Morgan fingerprint density at radius 3 is 2.59 bits per heavy atom. The Morgan fingerprint density at radius 2 is 1.97 bits per heavy atom. The molecule has 2 aliphatic rings. The highest BCUT2D eigenvalue weighted by atomic mass is 127. The second-order valence-corrected chi connectivity index (χ2v) is 8.86. The zero-order valence-corrected chi connectivity index (χ0v) is 20.5. The molecule has 160 valence electrons. The van der Waals surface area contributed by atoms with Gasteiger partial charge in [-0.05, 0) is 31.2 Å². The first-order valence-electron chi connectivity index (χ1n) is 10.3. The molecule has 2 fully saturated rings. The zero-order valence-electron chi connectivity index (χ0n) is 17.4. The van der Waals surface area contributed by atoms with Crippen molar-refractivity contribution in [3.8, 4) is 0 Å². The fourth-order valence-electron chi connectivity index (χ4n) is 3.96. The Labute approximate surface area is 194 Å². The third kappa shape index (κ3) is 5.91. The number of nitrogens with one attached hydrogen (secondary N) is 1. The number of hydrogen-bond acceptors (Lipinski definition) is 5. The largest absolute Gasteiger partial charge is 0.353 e. The smallest absolute Gasteiger partial charge is 0.194 e. The molecule has 1 saturated heterocycles. The Bertz CT molecular complexity index is 775. The number of nitrogens with zero attached hydrogens (tertiary/aromatic N) is 6. The molecule has 4 rings (SSSR count). The van der Waals surface area contributed by atoms with Gasteiger partial charge in [0.1, 0.15) is 12.4 Å². The second-order valence-electron chi connectivity index (χ2n) is 7.83. The quantitative estimate of drug-likeness (QED) is 0.367. The fourth-order valence-corrected chi connectivity index (χ4v) is 4.71. The van der Waals surface area contributed by atoms with Crippen LogP contribution in [-0.2, 0) is 20.1 Å². The van der Waals surface area contributed by atoms with Crippen LogP contribution in [-0.4, -0.2) is 62.7 Å². The number of aryl methyl sites for hydroxylation is 1. The van der Waals surface area contributed by atoms with E-state index in [1.807, 2.05) is 29.9 Å². The molecule has 0 atom stereocenters. The molecule has 0 bridgehead atoms. The molecule has 1 aliphatic heterocycles. The van der Waals surface area contributed by atoms with Crippen LogP contribution < -0.4 is 5.32 Å². The van der Waals surface area contributed by atoms with Gasteiger partial charge in [-0.3, -0.25) is 4.90 Å². The summed E-state index contributed by atoms with van der Waals surface area (Å²) in [4.78, 5) is 11.4. The maximum atomic E-state index is 4.95. The maximum absolute atomic E-state index is 4.95. The van der Waals surface area contributed by atoms with E-state index in [0.717, 1.165) is 50.3 Å². The lowest BCUT2D eigenvalue weighted by atomic mass is 10.2. The van der Waals surface area contributed by atoms with Crippen molar-refractivity contribution in [3.63, 3.8) is 0 Å².